The molecule has 0 radical (unpaired) electrons. The Morgan fingerprint density at radius 3 is 2.64 bits per heavy atom. The van der Waals surface area contributed by atoms with Crippen LogP contribution in [0.1, 0.15) is 11.1 Å². The van der Waals surface area contributed by atoms with Crippen LogP contribution in [0.2, 0.25) is 5.02 Å². The van der Waals surface area contributed by atoms with Crippen molar-refractivity contribution in [2.75, 3.05) is 0 Å². The zero-order valence-corrected chi connectivity index (χ0v) is 19.1. The first-order valence-electron chi connectivity index (χ1n) is 10.4. The summed E-state index contributed by atoms with van der Waals surface area (Å²) in [7, 11) is 0. The number of hydrogen-bond acceptors (Lipinski definition) is 4. The standard InChI is InChI=1S/C27H19ClN2O2S/c28-21-11-6-12-22(16-21)29-27-30-26(31)25(33-27)15-19-8-2-4-14-24(19)32-17-20-10-5-9-18-7-1-3-13-23(18)20/h1-16H,17H2,(H,29,30,31)/b25-15+. The summed E-state index contributed by atoms with van der Waals surface area (Å²) < 4.78 is 6.18. The van der Waals surface area contributed by atoms with E-state index in [1.165, 1.54) is 22.5 Å². The molecule has 1 saturated heterocycles. The first kappa shape index (κ1) is 21.3. The van der Waals surface area contributed by atoms with Gasteiger partial charge in [-0.3, -0.25) is 4.79 Å². The van der Waals surface area contributed by atoms with E-state index in [9.17, 15) is 4.79 Å². The van der Waals surface area contributed by atoms with Crippen molar-refractivity contribution in [3.63, 3.8) is 0 Å². The van der Waals surface area contributed by atoms with E-state index < -0.39 is 0 Å². The number of halogens is 1. The predicted molar refractivity (Wildman–Crippen MR) is 137 cm³/mol. The minimum absolute atomic E-state index is 0.190. The number of amidine groups is 1. The van der Waals surface area contributed by atoms with Crippen molar-refractivity contribution in [2.24, 2.45) is 4.99 Å². The molecule has 1 N–H and O–H groups in total. The van der Waals surface area contributed by atoms with Crippen molar-refractivity contribution in [3.8, 4) is 5.75 Å². The van der Waals surface area contributed by atoms with Crippen molar-refractivity contribution < 1.29 is 9.53 Å². The number of thioether (sulfide) groups is 1. The van der Waals surface area contributed by atoms with Crippen LogP contribution in [0.5, 0.6) is 5.75 Å². The van der Waals surface area contributed by atoms with Crippen LogP contribution in [0.15, 0.2) is 101 Å². The number of fused-ring (bicyclic) bond motifs is 1. The Kier molecular flexibility index (Phi) is 6.15. The van der Waals surface area contributed by atoms with Gasteiger partial charge < -0.3 is 10.1 Å². The van der Waals surface area contributed by atoms with Crippen LogP contribution in [0.3, 0.4) is 0 Å². The lowest BCUT2D eigenvalue weighted by molar-refractivity contribution is -0.115. The molecule has 4 aromatic carbocycles. The van der Waals surface area contributed by atoms with E-state index in [2.05, 4.69) is 34.6 Å². The van der Waals surface area contributed by atoms with Gasteiger partial charge in [-0.1, -0.05) is 78.3 Å². The first-order chi connectivity index (χ1) is 16.2. The molecule has 1 amide bonds. The number of para-hydroxylation sites is 1. The van der Waals surface area contributed by atoms with Crippen molar-refractivity contribution in [2.45, 2.75) is 6.61 Å². The molecular formula is C27H19ClN2O2S. The fourth-order valence-corrected chi connectivity index (χ4v) is 4.61. The summed E-state index contributed by atoms with van der Waals surface area (Å²) in [6, 6.07) is 29.3. The Morgan fingerprint density at radius 1 is 0.939 bits per heavy atom. The Bertz CT molecular complexity index is 1410. The number of nitrogens with one attached hydrogen (secondary N) is 1. The second-order valence-corrected chi connectivity index (χ2v) is 8.89. The summed E-state index contributed by atoms with van der Waals surface area (Å²) in [5.74, 6) is 0.524. The van der Waals surface area contributed by atoms with E-state index in [4.69, 9.17) is 16.3 Å². The van der Waals surface area contributed by atoms with Crippen LogP contribution in [-0.4, -0.2) is 11.1 Å². The summed E-state index contributed by atoms with van der Waals surface area (Å²) in [4.78, 5) is 17.6. The molecule has 33 heavy (non-hydrogen) atoms. The molecule has 5 rings (SSSR count). The van der Waals surface area contributed by atoms with Gasteiger partial charge in [0.15, 0.2) is 5.17 Å². The third-order valence-corrected chi connectivity index (χ3v) is 6.30. The highest BCUT2D eigenvalue weighted by atomic mass is 35.5. The number of nitrogens with zero attached hydrogens (tertiary/aromatic N) is 1. The Hall–Kier alpha value is -3.54. The molecule has 4 aromatic rings. The monoisotopic (exact) mass is 470 g/mol. The van der Waals surface area contributed by atoms with Crippen LogP contribution in [0.4, 0.5) is 5.69 Å². The molecule has 0 unspecified atom stereocenters. The maximum Gasteiger partial charge on any atom is 0.264 e. The topological polar surface area (TPSA) is 50.7 Å². The molecule has 6 heteroatoms. The average Bonchev–Trinajstić information content (AvgIpc) is 3.16. The number of carbonyl (C=O) groups excluding carboxylic acids is 1. The van der Waals surface area contributed by atoms with Gasteiger partial charge in [-0.15, -0.1) is 0 Å². The summed E-state index contributed by atoms with van der Waals surface area (Å²) in [6.07, 6.45) is 1.83. The number of carbonyl (C=O) groups is 1. The Balaban J connectivity index is 1.37. The van der Waals surface area contributed by atoms with Gasteiger partial charge in [-0.05, 0) is 58.4 Å². The highest BCUT2D eigenvalue weighted by Crippen LogP contribution is 2.31. The van der Waals surface area contributed by atoms with Crippen LogP contribution in [0.25, 0.3) is 16.8 Å². The van der Waals surface area contributed by atoms with Gasteiger partial charge >= 0.3 is 0 Å². The Labute approximate surface area is 201 Å². The van der Waals surface area contributed by atoms with Gasteiger partial charge in [-0.25, -0.2) is 4.99 Å². The van der Waals surface area contributed by atoms with Gasteiger partial charge in [0.1, 0.15) is 12.4 Å². The SMILES string of the molecule is O=C1NC(=Nc2cccc(Cl)c2)S/C1=C/c1ccccc1OCc1cccc2ccccc12. The predicted octanol–water partition coefficient (Wildman–Crippen LogP) is 6.96. The quantitative estimate of drug-likeness (QED) is 0.320. The minimum Gasteiger partial charge on any atom is -0.488 e. The normalized spacial score (nSPS) is 15.8. The number of rotatable bonds is 5. The molecule has 1 heterocycles. The van der Waals surface area contributed by atoms with E-state index in [1.54, 1.807) is 12.1 Å². The third-order valence-electron chi connectivity index (χ3n) is 5.16. The second kappa shape index (κ2) is 9.53. The second-order valence-electron chi connectivity index (χ2n) is 7.43. The van der Waals surface area contributed by atoms with Gasteiger partial charge in [0.05, 0.1) is 10.6 Å². The molecule has 0 atom stereocenters. The maximum atomic E-state index is 12.5. The smallest absolute Gasteiger partial charge is 0.264 e. The van der Waals surface area contributed by atoms with Crippen molar-refractivity contribution in [1.82, 2.24) is 5.32 Å². The van der Waals surface area contributed by atoms with Crippen LogP contribution >= 0.6 is 23.4 Å². The molecule has 0 spiro atoms. The van der Waals surface area contributed by atoms with Gasteiger partial charge in [0.2, 0.25) is 0 Å². The van der Waals surface area contributed by atoms with E-state index >= 15 is 0 Å². The molecule has 4 nitrogen and oxygen atoms in total. The molecule has 0 aliphatic carbocycles. The summed E-state index contributed by atoms with van der Waals surface area (Å²) in [5.41, 5.74) is 2.63. The fourth-order valence-electron chi connectivity index (χ4n) is 3.59. The average molecular weight is 471 g/mol. The van der Waals surface area contributed by atoms with Gasteiger partial charge in [-0.2, -0.15) is 0 Å². The number of benzene rings is 4. The maximum absolute atomic E-state index is 12.5. The van der Waals surface area contributed by atoms with Crippen molar-refractivity contribution in [1.29, 1.82) is 0 Å². The number of aliphatic imine (C=N–C) groups is 1. The van der Waals surface area contributed by atoms with E-state index in [1.807, 2.05) is 60.7 Å². The lowest BCUT2D eigenvalue weighted by atomic mass is 10.1. The summed E-state index contributed by atoms with van der Waals surface area (Å²) in [6.45, 7) is 0.433. The van der Waals surface area contributed by atoms with Gasteiger partial charge in [0, 0.05) is 10.6 Å². The first-order valence-corrected chi connectivity index (χ1v) is 11.6. The molecule has 1 aliphatic heterocycles. The van der Waals surface area contributed by atoms with Crippen LogP contribution in [-0.2, 0) is 11.4 Å². The van der Waals surface area contributed by atoms with Gasteiger partial charge in [0.25, 0.3) is 5.91 Å². The fraction of sp³-hybridized carbons (Fsp3) is 0.0370. The minimum atomic E-state index is -0.190. The van der Waals surface area contributed by atoms with Crippen LogP contribution < -0.4 is 10.1 Å². The number of hydrogen-bond donors (Lipinski definition) is 1. The van der Waals surface area contributed by atoms with Crippen molar-refractivity contribution >= 4 is 57.0 Å². The molecular weight excluding hydrogens is 452 g/mol. The number of ether oxygens (including phenoxy) is 1. The largest absolute Gasteiger partial charge is 0.488 e. The zero-order valence-electron chi connectivity index (χ0n) is 17.5. The molecule has 1 fully saturated rings. The molecule has 1 aliphatic rings. The zero-order chi connectivity index (χ0) is 22.6. The van der Waals surface area contributed by atoms with E-state index in [-0.39, 0.29) is 5.91 Å². The molecule has 0 bridgehead atoms. The highest BCUT2D eigenvalue weighted by Gasteiger charge is 2.24. The lowest BCUT2D eigenvalue weighted by Gasteiger charge is -2.11. The molecule has 0 saturated carbocycles. The highest BCUT2D eigenvalue weighted by molar-refractivity contribution is 8.18. The summed E-state index contributed by atoms with van der Waals surface area (Å²) >= 11 is 7.32. The number of amides is 1. The third kappa shape index (κ3) is 4.95. The van der Waals surface area contributed by atoms with Crippen LogP contribution in [0, 0.1) is 0 Å². The van der Waals surface area contributed by atoms with E-state index in [0.29, 0.717) is 33.1 Å². The Morgan fingerprint density at radius 2 is 1.73 bits per heavy atom. The van der Waals surface area contributed by atoms with Crippen molar-refractivity contribution in [3.05, 3.63) is 112 Å². The van der Waals surface area contributed by atoms with E-state index in [0.717, 1.165) is 11.1 Å². The summed E-state index contributed by atoms with van der Waals surface area (Å²) in [5, 5.41) is 6.27. The molecule has 0 aromatic heterocycles. The lowest BCUT2D eigenvalue weighted by Crippen LogP contribution is -2.19. The molecule has 162 valence electrons.